The molecule has 1 amide bonds. The smallest absolute Gasteiger partial charge is 0.254 e. The lowest BCUT2D eigenvalue weighted by Gasteiger charge is -2.22. The number of anilines is 3. The van der Waals surface area contributed by atoms with Crippen LogP contribution in [0.2, 0.25) is 0 Å². The highest BCUT2D eigenvalue weighted by Crippen LogP contribution is 2.27. The summed E-state index contributed by atoms with van der Waals surface area (Å²) in [4.78, 5) is 13.6. The summed E-state index contributed by atoms with van der Waals surface area (Å²) in [6.07, 6.45) is 1.19. The van der Waals surface area contributed by atoms with E-state index < -0.39 is 11.1 Å². The number of carbonyl (C=O) groups excluding carboxylic acids is 1. The first-order valence-electron chi connectivity index (χ1n) is 6.04. The predicted molar refractivity (Wildman–Crippen MR) is 81.8 cm³/mol. The van der Waals surface area contributed by atoms with E-state index in [4.69, 9.17) is 5.73 Å². The molecule has 2 N–H and O–H groups in total. The highest BCUT2D eigenvalue weighted by molar-refractivity contribution is 7.79. The molecule has 2 aromatic carbocycles. The molecule has 0 aromatic heterocycles. The molecular formula is C15H13N2O3S-. The Morgan fingerprint density at radius 3 is 2.00 bits per heavy atom. The second-order valence-electron chi connectivity index (χ2n) is 4.20. The molecule has 0 radical (unpaired) electrons. The van der Waals surface area contributed by atoms with Crippen molar-refractivity contribution in [3.05, 3.63) is 61.2 Å². The molecule has 0 aliphatic rings. The Labute approximate surface area is 125 Å². The minimum Gasteiger partial charge on any atom is -0.768 e. The van der Waals surface area contributed by atoms with Gasteiger partial charge >= 0.3 is 0 Å². The number of rotatable bonds is 4. The van der Waals surface area contributed by atoms with Crippen molar-refractivity contribution in [3.63, 3.8) is 0 Å². The number of amides is 1. The van der Waals surface area contributed by atoms with Crippen molar-refractivity contribution in [2.45, 2.75) is 4.90 Å². The first-order chi connectivity index (χ1) is 10.0. The zero-order valence-corrected chi connectivity index (χ0v) is 11.9. The van der Waals surface area contributed by atoms with Crippen LogP contribution in [0.1, 0.15) is 0 Å². The second-order valence-corrected chi connectivity index (χ2v) is 5.14. The Kier molecular flexibility index (Phi) is 4.52. The van der Waals surface area contributed by atoms with E-state index in [1.54, 1.807) is 36.4 Å². The third-order valence-corrected chi connectivity index (χ3v) is 3.49. The minimum atomic E-state index is -2.30. The van der Waals surface area contributed by atoms with Gasteiger partial charge in [0.2, 0.25) is 0 Å². The third kappa shape index (κ3) is 3.36. The van der Waals surface area contributed by atoms with Gasteiger partial charge in [0.15, 0.2) is 0 Å². The molecule has 108 valence electrons. The molecule has 6 heteroatoms. The molecule has 21 heavy (non-hydrogen) atoms. The van der Waals surface area contributed by atoms with E-state index in [2.05, 4.69) is 6.58 Å². The normalized spacial score (nSPS) is 11.7. The SMILES string of the molecule is C=CC(=O)N(c1ccc(N)cc1)c1ccc(S(=O)[O-])cc1. The number of carbonyl (C=O) groups is 1. The fourth-order valence-corrected chi connectivity index (χ4v) is 2.18. The van der Waals surface area contributed by atoms with Crippen LogP contribution in [-0.4, -0.2) is 14.7 Å². The van der Waals surface area contributed by atoms with E-state index in [1.807, 2.05) is 0 Å². The fourth-order valence-electron chi connectivity index (χ4n) is 1.82. The molecular weight excluding hydrogens is 288 g/mol. The lowest BCUT2D eigenvalue weighted by molar-refractivity contribution is -0.113. The summed E-state index contributed by atoms with van der Waals surface area (Å²) in [7, 11) is 0. The van der Waals surface area contributed by atoms with E-state index in [-0.39, 0.29) is 10.8 Å². The van der Waals surface area contributed by atoms with Gasteiger partial charge in [0.05, 0.1) is 0 Å². The van der Waals surface area contributed by atoms with Gasteiger partial charge in [0.25, 0.3) is 5.91 Å². The summed E-state index contributed by atoms with van der Waals surface area (Å²) < 4.78 is 21.7. The summed E-state index contributed by atoms with van der Waals surface area (Å²) >= 11 is -2.30. The van der Waals surface area contributed by atoms with Crippen LogP contribution in [-0.2, 0) is 15.9 Å². The van der Waals surface area contributed by atoms with Crippen LogP contribution in [0.4, 0.5) is 17.1 Å². The van der Waals surface area contributed by atoms with Crippen molar-refractivity contribution in [1.29, 1.82) is 0 Å². The molecule has 2 rings (SSSR count). The van der Waals surface area contributed by atoms with Crippen LogP contribution in [0.3, 0.4) is 0 Å². The number of hydrogen-bond donors (Lipinski definition) is 1. The first kappa shape index (κ1) is 15.0. The number of hydrogen-bond acceptors (Lipinski definition) is 4. The van der Waals surface area contributed by atoms with Gasteiger partial charge in [-0.1, -0.05) is 6.58 Å². The van der Waals surface area contributed by atoms with E-state index in [0.717, 1.165) is 0 Å². The van der Waals surface area contributed by atoms with E-state index in [9.17, 15) is 13.6 Å². The maximum atomic E-state index is 12.1. The van der Waals surface area contributed by atoms with Gasteiger partial charge in [-0.05, 0) is 65.7 Å². The zero-order chi connectivity index (χ0) is 15.4. The molecule has 0 heterocycles. The molecule has 0 aliphatic carbocycles. The topological polar surface area (TPSA) is 86.5 Å². The first-order valence-corrected chi connectivity index (χ1v) is 7.12. The number of nitrogens with zero attached hydrogens (tertiary/aromatic N) is 1. The van der Waals surface area contributed by atoms with Crippen LogP contribution in [0, 0.1) is 0 Å². The number of benzene rings is 2. The molecule has 5 nitrogen and oxygen atoms in total. The second kappa shape index (κ2) is 6.34. The Hall–Kier alpha value is -2.44. The number of nitrogen functional groups attached to an aromatic ring is 1. The van der Waals surface area contributed by atoms with Crippen LogP contribution in [0.5, 0.6) is 0 Å². The molecule has 0 bridgehead atoms. The predicted octanol–water partition coefficient (Wildman–Crippen LogP) is 2.36. The summed E-state index contributed by atoms with van der Waals surface area (Å²) in [5, 5.41) is 0. The Balaban J connectivity index is 2.45. The highest BCUT2D eigenvalue weighted by Gasteiger charge is 2.15. The molecule has 0 aliphatic heterocycles. The molecule has 1 unspecified atom stereocenters. The Morgan fingerprint density at radius 1 is 1.10 bits per heavy atom. The van der Waals surface area contributed by atoms with Gasteiger partial charge < -0.3 is 10.3 Å². The Morgan fingerprint density at radius 2 is 1.57 bits per heavy atom. The largest absolute Gasteiger partial charge is 0.768 e. The van der Waals surface area contributed by atoms with Crippen molar-refractivity contribution in [1.82, 2.24) is 0 Å². The molecule has 1 atom stereocenters. The van der Waals surface area contributed by atoms with Crippen LogP contribution >= 0.6 is 0 Å². The summed E-state index contributed by atoms with van der Waals surface area (Å²) in [5.41, 5.74) is 7.38. The lowest BCUT2D eigenvalue weighted by atomic mass is 10.2. The van der Waals surface area contributed by atoms with Crippen LogP contribution in [0.25, 0.3) is 0 Å². The van der Waals surface area contributed by atoms with Crippen LogP contribution in [0.15, 0.2) is 66.1 Å². The fraction of sp³-hybridized carbons (Fsp3) is 0. The average Bonchev–Trinajstić information content (AvgIpc) is 2.49. The molecule has 0 saturated heterocycles. The molecule has 0 fully saturated rings. The highest BCUT2D eigenvalue weighted by atomic mass is 32.2. The average molecular weight is 301 g/mol. The molecule has 0 spiro atoms. The molecule has 2 aromatic rings. The molecule has 0 saturated carbocycles. The minimum absolute atomic E-state index is 0.155. The van der Waals surface area contributed by atoms with Crippen LogP contribution < -0.4 is 10.6 Å². The maximum absolute atomic E-state index is 12.1. The van der Waals surface area contributed by atoms with Gasteiger partial charge in [-0.2, -0.15) is 0 Å². The van der Waals surface area contributed by atoms with E-state index >= 15 is 0 Å². The Bertz CT molecular complexity index is 681. The van der Waals surface area contributed by atoms with Gasteiger partial charge in [-0.15, -0.1) is 0 Å². The maximum Gasteiger partial charge on any atom is 0.254 e. The summed E-state index contributed by atoms with van der Waals surface area (Å²) in [6, 6.07) is 12.7. The van der Waals surface area contributed by atoms with E-state index in [0.29, 0.717) is 17.1 Å². The monoisotopic (exact) mass is 301 g/mol. The quantitative estimate of drug-likeness (QED) is 0.533. The standard InChI is InChI=1S/C15H14N2O3S/c1-2-15(18)17(12-5-3-11(16)4-6-12)13-7-9-14(10-8-13)21(19)20/h2-10H,1,16H2,(H,19,20)/p-1. The summed E-state index contributed by atoms with van der Waals surface area (Å²) in [5.74, 6) is -0.323. The number of nitrogens with two attached hydrogens (primary N) is 1. The third-order valence-electron chi connectivity index (χ3n) is 2.83. The van der Waals surface area contributed by atoms with Gasteiger partial charge in [0, 0.05) is 22.0 Å². The lowest BCUT2D eigenvalue weighted by Crippen LogP contribution is -2.23. The van der Waals surface area contributed by atoms with Gasteiger partial charge in [-0.3, -0.25) is 13.9 Å². The van der Waals surface area contributed by atoms with Crippen molar-refractivity contribution in [2.24, 2.45) is 0 Å². The van der Waals surface area contributed by atoms with E-state index in [1.165, 1.54) is 23.1 Å². The van der Waals surface area contributed by atoms with Crippen molar-refractivity contribution >= 4 is 34.0 Å². The van der Waals surface area contributed by atoms with Gasteiger partial charge in [-0.25, -0.2) is 0 Å². The van der Waals surface area contributed by atoms with Gasteiger partial charge in [0.1, 0.15) is 0 Å². The summed E-state index contributed by atoms with van der Waals surface area (Å²) in [6.45, 7) is 3.48. The zero-order valence-electron chi connectivity index (χ0n) is 11.1. The van der Waals surface area contributed by atoms with Crippen molar-refractivity contribution < 1.29 is 13.6 Å². The van der Waals surface area contributed by atoms with Crippen molar-refractivity contribution in [2.75, 3.05) is 10.6 Å². The van der Waals surface area contributed by atoms with Crippen molar-refractivity contribution in [3.8, 4) is 0 Å².